The number of unbranched alkanes of at least 4 members (excludes halogenated alkanes) is 30. The smallest absolute Gasteiger partial charge is 0.220 e. The molecule has 444 valence electrons. The van der Waals surface area contributed by atoms with Crippen LogP contribution in [0.4, 0.5) is 0 Å². The van der Waals surface area contributed by atoms with Gasteiger partial charge in [-0.25, -0.2) is 0 Å². The van der Waals surface area contributed by atoms with Crippen molar-refractivity contribution in [1.82, 2.24) is 5.32 Å². The summed E-state index contributed by atoms with van der Waals surface area (Å²) in [7, 11) is 0. The van der Waals surface area contributed by atoms with Crippen LogP contribution in [0, 0.1) is 0 Å². The highest BCUT2D eigenvalue weighted by Crippen LogP contribution is 2.30. The number of carbonyl (C=O) groups excluding carboxylic acids is 1. The molecule has 76 heavy (non-hydrogen) atoms. The van der Waals surface area contributed by atoms with E-state index in [0.717, 1.165) is 51.4 Å². The Morgan fingerprint density at radius 3 is 1.33 bits per heavy atom. The van der Waals surface area contributed by atoms with E-state index in [1.54, 1.807) is 6.08 Å². The van der Waals surface area contributed by atoms with Crippen molar-refractivity contribution in [3.8, 4) is 0 Å². The fourth-order valence-corrected chi connectivity index (χ4v) is 10.0. The molecule has 12 atom stereocenters. The molecular weight excluding hydrogens is 967 g/mol. The minimum Gasteiger partial charge on any atom is -0.394 e. The summed E-state index contributed by atoms with van der Waals surface area (Å²) in [6.07, 6.45) is 42.9. The summed E-state index contributed by atoms with van der Waals surface area (Å²) in [6.45, 7) is 2.79. The van der Waals surface area contributed by atoms with Crippen molar-refractivity contribution in [3.63, 3.8) is 0 Å². The quantitative estimate of drug-likeness (QED) is 0.0204. The fraction of sp³-hybridized carbons (Fsp3) is 0.855. The predicted octanol–water partition coefficient (Wildman–Crippen LogP) is 10.8. The first-order valence-electron chi connectivity index (χ1n) is 30.9. The molecule has 14 nitrogen and oxygen atoms in total. The van der Waals surface area contributed by atoms with E-state index in [2.05, 4.69) is 55.6 Å². The maximum absolute atomic E-state index is 13.3. The van der Waals surface area contributed by atoms with E-state index in [1.165, 1.54) is 167 Å². The van der Waals surface area contributed by atoms with Gasteiger partial charge < -0.3 is 65.1 Å². The zero-order valence-electron chi connectivity index (χ0n) is 47.7. The first-order chi connectivity index (χ1) is 37.1. The summed E-state index contributed by atoms with van der Waals surface area (Å²) in [4.78, 5) is 13.3. The topological polar surface area (TPSA) is 228 Å². The van der Waals surface area contributed by atoms with Crippen molar-refractivity contribution >= 4 is 5.91 Å². The van der Waals surface area contributed by atoms with Gasteiger partial charge in [0, 0.05) is 6.42 Å². The molecule has 1 amide bonds. The summed E-state index contributed by atoms with van der Waals surface area (Å²) in [5.74, 6) is -0.241. The van der Waals surface area contributed by atoms with E-state index in [4.69, 9.17) is 18.9 Å². The van der Waals surface area contributed by atoms with Crippen LogP contribution >= 0.6 is 0 Å². The molecule has 0 aromatic rings. The van der Waals surface area contributed by atoms with Crippen molar-refractivity contribution < 1.29 is 64.6 Å². The lowest BCUT2D eigenvalue weighted by Crippen LogP contribution is -2.65. The van der Waals surface area contributed by atoms with Crippen LogP contribution in [0.25, 0.3) is 0 Å². The van der Waals surface area contributed by atoms with E-state index >= 15 is 0 Å². The van der Waals surface area contributed by atoms with Crippen LogP contribution in [-0.2, 0) is 23.7 Å². The third-order valence-corrected chi connectivity index (χ3v) is 15.0. The van der Waals surface area contributed by atoms with E-state index < -0.39 is 86.8 Å². The first-order valence-corrected chi connectivity index (χ1v) is 30.9. The maximum Gasteiger partial charge on any atom is 0.220 e. The molecule has 0 aromatic heterocycles. The van der Waals surface area contributed by atoms with E-state index in [1.807, 2.05) is 6.08 Å². The zero-order chi connectivity index (χ0) is 55.3. The largest absolute Gasteiger partial charge is 0.394 e. The molecule has 2 fully saturated rings. The first kappa shape index (κ1) is 70.1. The van der Waals surface area contributed by atoms with Gasteiger partial charge in [-0.2, -0.15) is 0 Å². The van der Waals surface area contributed by atoms with E-state index in [-0.39, 0.29) is 18.9 Å². The normalized spacial score (nSPS) is 25.2. The van der Waals surface area contributed by atoms with Gasteiger partial charge in [0.15, 0.2) is 12.6 Å². The predicted molar refractivity (Wildman–Crippen MR) is 304 cm³/mol. The van der Waals surface area contributed by atoms with Gasteiger partial charge in [-0.1, -0.05) is 229 Å². The van der Waals surface area contributed by atoms with Gasteiger partial charge in [-0.3, -0.25) is 4.79 Å². The molecule has 0 spiro atoms. The van der Waals surface area contributed by atoms with Gasteiger partial charge in [0.05, 0.1) is 32.0 Å². The molecule has 14 heteroatoms. The van der Waals surface area contributed by atoms with Crippen molar-refractivity contribution in [2.45, 2.75) is 319 Å². The Morgan fingerprint density at radius 2 is 0.868 bits per heavy atom. The summed E-state index contributed by atoms with van der Waals surface area (Å²) >= 11 is 0. The van der Waals surface area contributed by atoms with Crippen LogP contribution in [0.1, 0.15) is 245 Å². The molecule has 0 saturated carbocycles. The molecule has 0 bridgehead atoms. The molecule has 2 aliphatic heterocycles. The number of nitrogens with one attached hydrogen (secondary N) is 1. The molecule has 12 unspecified atom stereocenters. The molecule has 2 aliphatic rings. The van der Waals surface area contributed by atoms with E-state index in [0.29, 0.717) is 6.42 Å². The van der Waals surface area contributed by atoms with Crippen molar-refractivity contribution in [3.05, 3.63) is 48.6 Å². The zero-order valence-corrected chi connectivity index (χ0v) is 47.7. The Bertz CT molecular complexity index is 1460. The SMILES string of the molecule is CCCCCCC/C=C\C/C=C\C/C=C\CCCCCCCCCCCCCCC(=O)NC(COC1OC(CO)C(OC2OC(CO)C(O)C(O)C2O)C(O)C1O)C(O)/C=C/CCCCCCCCCCCCCCC. The summed E-state index contributed by atoms with van der Waals surface area (Å²) in [6, 6.07) is -0.916. The average Bonchev–Trinajstić information content (AvgIpc) is 3.42. The van der Waals surface area contributed by atoms with Crippen LogP contribution in [-0.4, -0.2) is 140 Å². The third-order valence-electron chi connectivity index (χ3n) is 15.0. The maximum atomic E-state index is 13.3. The highest BCUT2D eigenvalue weighted by Gasteiger charge is 2.51. The summed E-state index contributed by atoms with van der Waals surface area (Å²) in [5, 5.41) is 87.1. The summed E-state index contributed by atoms with van der Waals surface area (Å²) < 4.78 is 22.8. The number of ether oxygens (including phenoxy) is 4. The molecule has 9 N–H and O–H groups in total. The lowest BCUT2D eigenvalue weighted by Gasteiger charge is -2.46. The van der Waals surface area contributed by atoms with E-state index in [9.17, 15) is 45.6 Å². The molecule has 0 radical (unpaired) electrons. The van der Waals surface area contributed by atoms with Gasteiger partial charge in [0.25, 0.3) is 0 Å². The number of carbonyl (C=O) groups is 1. The number of rotatable bonds is 49. The van der Waals surface area contributed by atoms with Crippen LogP contribution < -0.4 is 5.32 Å². The van der Waals surface area contributed by atoms with Gasteiger partial charge in [-0.15, -0.1) is 0 Å². The van der Waals surface area contributed by atoms with Crippen LogP contribution in [0.15, 0.2) is 48.6 Å². The Labute approximate surface area is 461 Å². The molecule has 2 heterocycles. The number of aliphatic hydroxyl groups is 8. The van der Waals surface area contributed by atoms with Crippen LogP contribution in [0.3, 0.4) is 0 Å². The number of amides is 1. The van der Waals surface area contributed by atoms with Gasteiger partial charge in [-0.05, 0) is 57.8 Å². The van der Waals surface area contributed by atoms with Crippen LogP contribution in [0.2, 0.25) is 0 Å². The Hall–Kier alpha value is -2.05. The number of hydrogen-bond acceptors (Lipinski definition) is 13. The minimum absolute atomic E-state index is 0.241. The lowest BCUT2D eigenvalue weighted by atomic mass is 9.97. The lowest BCUT2D eigenvalue weighted by molar-refractivity contribution is -0.359. The molecule has 2 rings (SSSR count). The highest BCUT2D eigenvalue weighted by molar-refractivity contribution is 5.76. The molecule has 2 saturated heterocycles. The van der Waals surface area contributed by atoms with Gasteiger partial charge >= 0.3 is 0 Å². The Kier molecular flexibility index (Phi) is 44.0. The second-order valence-electron chi connectivity index (χ2n) is 21.8. The van der Waals surface area contributed by atoms with Crippen molar-refractivity contribution in [2.75, 3.05) is 19.8 Å². The Balaban J connectivity index is 1.72. The number of hydrogen-bond donors (Lipinski definition) is 9. The summed E-state index contributed by atoms with van der Waals surface area (Å²) in [5.41, 5.74) is 0. The number of allylic oxidation sites excluding steroid dienone is 7. The molecular formula is C62H113NO13. The second kappa shape index (κ2) is 47.7. The highest BCUT2D eigenvalue weighted by atomic mass is 16.7. The van der Waals surface area contributed by atoms with Crippen molar-refractivity contribution in [1.29, 1.82) is 0 Å². The molecule has 0 aliphatic carbocycles. The van der Waals surface area contributed by atoms with Crippen LogP contribution in [0.5, 0.6) is 0 Å². The third kappa shape index (κ3) is 32.9. The fourth-order valence-electron chi connectivity index (χ4n) is 10.0. The van der Waals surface area contributed by atoms with Gasteiger partial charge in [0.1, 0.15) is 48.8 Å². The minimum atomic E-state index is -1.79. The van der Waals surface area contributed by atoms with Gasteiger partial charge in [0.2, 0.25) is 5.91 Å². The van der Waals surface area contributed by atoms with Crippen molar-refractivity contribution in [2.24, 2.45) is 0 Å². The second-order valence-corrected chi connectivity index (χ2v) is 21.8. The monoisotopic (exact) mass is 1080 g/mol. The standard InChI is InChI=1S/C62H113NO13/c1-3-5-7-9-11-13-15-17-19-20-21-22-23-24-25-26-27-28-29-30-32-34-36-38-40-42-44-46-54(67)63-50(51(66)45-43-41-39-37-35-33-31-18-16-14-12-10-8-6-4-2)49-73-61-59(72)57(70)60(53(48-65)75-61)76-62-58(71)56(69)55(68)52(47-64)74-62/h15,17,20-21,23-24,43,45,50-53,55-62,64-66,68-72H,3-14,16,18-19,22,25-42,44,46-49H2,1-2H3,(H,63,67)/b17-15-,21-20-,24-23-,45-43+. The molecule has 0 aromatic carbocycles. The number of aliphatic hydroxyl groups excluding tert-OH is 8. The Morgan fingerprint density at radius 1 is 0.474 bits per heavy atom. The average molecular weight is 1080 g/mol.